The van der Waals surface area contributed by atoms with Crippen molar-refractivity contribution < 1.29 is 23.6 Å². The Hall–Kier alpha value is -2.60. The van der Waals surface area contributed by atoms with Crippen LogP contribution in [-0.2, 0) is 11.3 Å². The van der Waals surface area contributed by atoms with Crippen LogP contribution in [0.1, 0.15) is 18.4 Å². The summed E-state index contributed by atoms with van der Waals surface area (Å²) in [7, 11) is 1.59. The summed E-state index contributed by atoms with van der Waals surface area (Å²) in [4.78, 5) is 13.4. The highest BCUT2D eigenvalue weighted by atomic mass is 19.1. The summed E-state index contributed by atoms with van der Waals surface area (Å²) >= 11 is 0. The Balaban J connectivity index is 1.44. The first-order chi connectivity index (χ1) is 13.2. The monoisotopic (exact) mass is 373 g/mol. The highest BCUT2D eigenvalue weighted by Crippen LogP contribution is 2.25. The molecule has 1 aliphatic carbocycles. The Kier molecular flexibility index (Phi) is 6.65. The highest BCUT2D eigenvalue weighted by Gasteiger charge is 2.34. The summed E-state index contributed by atoms with van der Waals surface area (Å²) in [6.45, 7) is 1.64. The van der Waals surface area contributed by atoms with E-state index in [0.717, 1.165) is 17.7 Å². The van der Waals surface area contributed by atoms with Gasteiger partial charge in [-0.25, -0.2) is 4.39 Å². The Labute approximate surface area is 159 Å². The predicted octanol–water partition coefficient (Wildman–Crippen LogP) is 1.58. The van der Waals surface area contributed by atoms with E-state index in [2.05, 4.69) is 5.32 Å². The summed E-state index contributed by atoms with van der Waals surface area (Å²) in [6, 6.07) is 14.6. The minimum absolute atomic E-state index is 0.0446. The molecule has 0 aliphatic heterocycles. The fourth-order valence-corrected chi connectivity index (χ4v) is 3.09. The summed E-state index contributed by atoms with van der Waals surface area (Å²) in [5.41, 5.74) is 0.659. The molecule has 0 heterocycles. The van der Waals surface area contributed by atoms with E-state index in [1.807, 2.05) is 30.3 Å². The number of nitrogens with one attached hydrogen (secondary N) is 2. The number of benzene rings is 2. The van der Waals surface area contributed by atoms with Gasteiger partial charge in [-0.05, 0) is 18.2 Å². The average molecular weight is 373 g/mol. The molecule has 144 valence electrons. The maximum atomic E-state index is 13.9. The third kappa shape index (κ3) is 5.69. The lowest BCUT2D eigenvalue weighted by Crippen LogP contribution is -3.13. The summed E-state index contributed by atoms with van der Waals surface area (Å²) < 4.78 is 24.8. The molecule has 0 radical (unpaired) electrons. The van der Waals surface area contributed by atoms with E-state index in [-0.39, 0.29) is 11.7 Å². The second-order valence-electron chi connectivity index (χ2n) is 6.73. The van der Waals surface area contributed by atoms with Gasteiger partial charge in [-0.2, -0.15) is 0 Å². The third-order valence-electron chi connectivity index (χ3n) is 4.67. The zero-order chi connectivity index (χ0) is 19.1. The normalized spacial score (nSPS) is 14.4. The summed E-state index contributed by atoms with van der Waals surface area (Å²) in [6.07, 6.45) is 2.18. The van der Waals surface area contributed by atoms with Gasteiger partial charge in [-0.3, -0.25) is 4.79 Å². The van der Waals surface area contributed by atoms with Crippen molar-refractivity contribution in [1.29, 1.82) is 0 Å². The van der Waals surface area contributed by atoms with E-state index in [0.29, 0.717) is 49.3 Å². The molecule has 1 amide bonds. The smallest absolute Gasteiger partial charge is 0.275 e. The topological polar surface area (TPSA) is 52.0 Å². The van der Waals surface area contributed by atoms with Crippen LogP contribution >= 0.6 is 0 Å². The number of para-hydroxylation sites is 2. The Morgan fingerprint density at radius 2 is 1.85 bits per heavy atom. The molecule has 2 N–H and O–H groups in total. The van der Waals surface area contributed by atoms with Crippen LogP contribution in [0.3, 0.4) is 0 Å². The average Bonchev–Trinajstić information content (AvgIpc) is 3.52. The number of ether oxygens (including phenoxy) is 2. The van der Waals surface area contributed by atoms with Crippen molar-refractivity contribution in [1.82, 2.24) is 5.32 Å². The lowest BCUT2D eigenvalue weighted by Gasteiger charge is -2.19. The quantitative estimate of drug-likeness (QED) is 0.622. The van der Waals surface area contributed by atoms with Crippen LogP contribution < -0.4 is 19.7 Å². The van der Waals surface area contributed by atoms with Crippen molar-refractivity contribution in [2.24, 2.45) is 0 Å². The Bertz CT molecular complexity index is 765. The molecule has 1 saturated carbocycles. The molecule has 1 fully saturated rings. The fourth-order valence-electron chi connectivity index (χ4n) is 3.09. The van der Waals surface area contributed by atoms with E-state index in [4.69, 9.17) is 9.47 Å². The molecule has 1 aliphatic rings. The van der Waals surface area contributed by atoms with Crippen molar-refractivity contribution in [2.75, 3.05) is 26.8 Å². The number of carbonyl (C=O) groups is 1. The molecule has 0 spiro atoms. The lowest BCUT2D eigenvalue weighted by atomic mass is 10.2. The van der Waals surface area contributed by atoms with Crippen molar-refractivity contribution in [3.63, 3.8) is 0 Å². The van der Waals surface area contributed by atoms with Crippen LogP contribution in [0.4, 0.5) is 4.39 Å². The maximum Gasteiger partial charge on any atom is 0.275 e. The maximum absolute atomic E-state index is 13.9. The highest BCUT2D eigenvalue weighted by molar-refractivity contribution is 5.76. The molecule has 27 heavy (non-hydrogen) atoms. The number of hydrogen-bond donors (Lipinski definition) is 2. The summed E-state index contributed by atoms with van der Waals surface area (Å²) in [5.74, 6) is 1.07. The van der Waals surface area contributed by atoms with Crippen LogP contribution in [0.2, 0.25) is 0 Å². The third-order valence-corrected chi connectivity index (χ3v) is 4.67. The zero-order valence-electron chi connectivity index (χ0n) is 15.5. The molecular formula is C21H26FN2O3+. The van der Waals surface area contributed by atoms with Gasteiger partial charge in [-0.1, -0.05) is 30.3 Å². The van der Waals surface area contributed by atoms with Crippen LogP contribution in [0, 0.1) is 5.82 Å². The lowest BCUT2D eigenvalue weighted by molar-refractivity contribution is -0.917. The van der Waals surface area contributed by atoms with Gasteiger partial charge in [0.2, 0.25) is 0 Å². The van der Waals surface area contributed by atoms with Gasteiger partial charge in [0.25, 0.3) is 5.91 Å². The standard InChI is InChI=1S/C21H25FN2O3/c1-26-19-8-4-5-9-20(19)27-13-12-23-21(25)15-24(17-10-11-17)14-16-6-2-3-7-18(16)22/h2-9,17H,10-15H2,1H3,(H,23,25)/p+1. The number of amides is 1. The first-order valence-corrected chi connectivity index (χ1v) is 9.28. The second kappa shape index (κ2) is 9.37. The molecular weight excluding hydrogens is 347 g/mol. The van der Waals surface area contributed by atoms with E-state index < -0.39 is 0 Å². The zero-order valence-corrected chi connectivity index (χ0v) is 15.5. The molecule has 1 unspecified atom stereocenters. The van der Waals surface area contributed by atoms with Crippen LogP contribution in [0.25, 0.3) is 0 Å². The molecule has 2 aromatic carbocycles. The van der Waals surface area contributed by atoms with Gasteiger partial charge in [0.15, 0.2) is 18.0 Å². The van der Waals surface area contributed by atoms with Gasteiger partial charge in [-0.15, -0.1) is 0 Å². The van der Waals surface area contributed by atoms with Crippen LogP contribution in [0.15, 0.2) is 48.5 Å². The predicted molar refractivity (Wildman–Crippen MR) is 100 cm³/mol. The molecule has 1 atom stereocenters. The minimum atomic E-state index is -0.207. The van der Waals surface area contributed by atoms with Crippen molar-refractivity contribution in [3.05, 3.63) is 59.9 Å². The van der Waals surface area contributed by atoms with E-state index in [1.165, 1.54) is 6.07 Å². The Morgan fingerprint density at radius 3 is 2.56 bits per heavy atom. The molecule has 3 rings (SSSR count). The van der Waals surface area contributed by atoms with Gasteiger partial charge >= 0.3 is 0 Å². The van der Waals surface area contributed by atoms with Crippen molar-refractivity contribution in [3.8, 4) is 11.5 Å². The second-order valence-corrected chi connectivity index (χ2v) is 6.73. The molecule has 0 saturated heterocycles. The number of hydrogen-bond acceptors (Lipinski definition) is 3. The number of halogens is 1. The van der Waals surface area contributed by atoms with Crippen molar-refractivity contribution in [2.45, 2.75) is 25.4 Å². The van der Waals surface area contributed by atoms with E-state index in [9.17, 15) is 9.18 Å². The van der Waals surface area contributed by atoms with E-state index >= 15 is 0 Å². The molecule has 0 bridgehead atoms. The van der Waals surface area contributed by atoms with Crippen molar-refractivity contribution >= 4 is 5.91 Å². The van der Waals surface area contributed by atoms with Crippen LogP contribution in [-0.4, -0.2) is 38.8 Å². The number of rotatable bonds is 10. The van der Waals surface area contributed by atoms with Gasteiger partial charge in [0, 0.05) is 18.4 Å². The molecule has 5 nitrogen and oxygen atoms in total. The van der Waals surface area contributed by atoms with Crippen LogP contribution in [0.5, 0.6) is 11.5 Å². The number of methoxy groups -OCH3 is 1. The molecule has 0 aromatic heterocycles. The van der Waals surface area contributed by atoms with E-state index in [1.54, 1.807) is 19.2 Å². The largest absolute Gasteiger partial charge is 0.493 e. The number of quaternary nitrogens is 1. The van der Waals surface area contributed by atoms with Gasteiger partial charge < -0.3 is 19.7 Å². The fraction of sp³-hybridized carbons (Fsp3) is 0.381. The number of carbonyl (C=O) groups excluding carboxylic acids is 1. The van der Waals surface area contributed by atoms with Gasteiger partial charge in [0.05, 0.1) is 19.7 Å². The first kappa shape index (κ1) is 19.2. The summed E-state index contributed by atoms with van der Waals surface area (Å²) in [5, 5.41) is 2.88. The first-order valence-electron chi connectivity index (χ1n) is 9.28. The molecule has 6 heteroatoms. The van der Waals surface area contributed by atoms with Gasteiger partial charge in [0.1, 0.15) is 19.0 Å². The Morgan fingerprint density at radius 1 is 1.15 bits per heavy atom. The SMILES string of the molecule is COc1ccccc1OCCNC(=O)C[NH+](Cc1ccccc1F)C1CC1. The minimum Gasteiger partial charge on any atom is -0.493 e. The molecule has 2 aromatic rings.